The van der Waals surface area contributed by atoms with E-state index in [0.29, 0.717) is 11.8 Å². The summed E-state index contributed by atoms with van der Waals surface area (Å²) in [7, 11) is 0. The van der Waals surface area contributed by atoms with Gasteiger partial charge in [-0.1, -0.05) is 25.7 Å². The molecule has 3 aliphatic rings. The molecule has 4 unspecified atom stereocenters. The number of nitrogens with zero attached hydrogens (tertiary/aromatic N) is 1. The normalized spacial score (nSPS) is 43.5. The van der Waals surface area contributed by atoms with Gasteiger partial charge >= 0.3 is 0 Å². The van der Waals surface area contributed by atoms with Gasteiger partial charge in [0.05, 0.1) is 17.6 Å². The van der Waals surface area contributed by atoms with Crippen molar-refractivity contribution in [3.63, 3.8) is 0 Å². The van der Waals surface area contributed by atoms with E-state index in [1.807, 2.05) is 0 Å². The predicted molar refractivity (Wildman–Crippen MR) is 66.1 cm³/mol. The Morgan fingerprint density at radius 2 is 1.88 bits per heavy atom. The van der Waals surface area contributed by atoms with Crippen LogP contribution in [0.2, 0.25) is 0 Å². The lowest BCUT2D eigenvalue weighted by Crippen LogP contribution is -2.43. The second kappa shape index (κ2) is 4.28. The van der Waals surface area contributed by atoms with Crippen molar-refractivity contribution in [3.8, 4) is 6.07 Å². The Kier molecular flexibility index (Phi) is 2.91. The molecule has 2 heteroatoms. The molecule has 2 nitrogen and oxygen atoms in total. The van der Waals surface area contributed by atoms with Gasteiger partial charge in [-0.3, -0.25) is 0 Å². The first-order chi connectivity index (χ1) is 8.26. The fourth-order valence-electron chi connectivity index (χ4n) is 4.81. The minimum Gasteiger partial charge on any atom is -0.391 e. The summed E-state index contributed by atoms with van der Waals surface area (Å²) < 4.78 is 0. The predicted octanol–water partition coefficient (Wildman–Crippen LogP) is 3.26. The highest BCUT2D eigenvalue weighted by atomic mass is 16.3. The van der Waals surface area contributed by atoms with E-state index in [9.17, 15) is 10.4 Å². The van der Waals surface area contributed by atoms with Gasteiger partial charge in [-0.25, -0.2) is 0 Å². The molecular formula is C15H23NO. The molecular weight excluding hydrogens is 210 g/mol. The molecule has 0 radical (unpaired) electrons. The third-order valence-corrected chi connectivity index (χ3v) is 5.73. The van der Waals surface area contributed by atoms with Crippen LogP contribution in [0.25, 0.3) is 0 Å². The van der Waals surface area contributed by atoms with E-state index in [0.717, 1.165) is 25.2 Å². The van der Waals surface area contributed by atoms with Crippen molar-refractivity contribution in [2.45, 2.75) is 63.9 Å². The summed E-state index contributed by atoms with van der Waals surface area (Å²) in [6.07, 6.45) is 10.4. The van der Waals surface area contributed by atoms with E-state index in [4.69, 9.17) is 0 Å². The highest BCUT2D eigenvalue weighted by Crippen LogP contribution is 2.59. The first-order valence-electron chi connectivity index (χ1n) is 7.35. The number of rotatable bonds is 2. The molecule has 0 aromatic carbocycles. The Labute approximate surface area is 104 Å². The fraction of sp³-hybridized carbons (Fsp3) is 0.933. The topological polar surface area (TPSA) is 44.0 Å². The van der Waals surface area contributed by atoms with Crippen molar-refractivity contribution >= 4 is 0 Å². The van der Waals surface area contributed by atoms with Gasteiger partial charge in [0.2, 0.25) is 0 Å². The van der Waals surface area contributed by atoms with Crippen LogP contribution in [-0.4, -0.2) is 11.2 Å². The second-order valence-electron chi connectivity index (χ2n) is 6.58. The minimum atomic E-state index is -0.370. The van der Waals surface area contributed by atoms with Crippen molar-refractivity contribution in [1.82, 2.24) is 0 Å². The van der Waals surface area contributed by atoms with Gasteiger partial charge in [0, 0.05) is 0 Å². The number of aliphatic hydroxyl groups excluding tert-OH is 1. The molecule has 1 N–H and O–H groups in total. The quantitative estimate of drug-likeness (QED) is 0.795. The summed E-state index contributed by atoms with van der Waals surface area (Å²) in [6, 6.07) is 2.56. The summed E-state index contributed by atoms with van der Waals surface area (Å²) in [5.74, 6) is 1.63. The molecule has 0 amide bonds. The van der Waals surface area contributed by atoms with Crippen molar-refractivity contribution < 1.29 is 5.11 Å². The van der Waals surface area contributed by atoms with Crippen LogP contribution in [0.5, 0.6) is 0 Å². The monoisotopic (exact) mass is 233 g/mol. The molecule has 17 heavy (non-hydrogen) atoms. The lowest BCUT2D eigenvalue weighted by Gasteiger charge is -2.40. The number of fused-ring (bicyclic) bond motifs is 2. The van der Waals surface area contributed by atoms with Crippen LogP contribution in [0.15, 0.2) is 0 Å². The van der Waals surface area contributed by atoms with Crippen LogP contribution >= 0.6 is 0 Å². The third kappa shape index (κ3) is 1.71. The van der Waals surface area contributed by atoms with E-state index in [2.05, 4.69) is 6.07 Å². The van der Waals surface area contributed by atoms with Crippen molar-refractivity contribution in [2.24, 2.45) is 23.2 Å². The van der Waals surface area contributed by atoms with Gasteiger partial charge in [-0.15, -0.1) is 0 Å². The molecule has 2 bridgehead atoms. The summed E-state index contributed by atoms with van der Waals surface area (Å²) in [5.41, 5.74) is -0.370. The minimum absolute atomic E-state index is 0.344. The molecule has 3 fully saturated rings. The molecule has 3 saturated carbocycles. The third-order valence-electron chi connectivity index (χ3n) is 5.73. The van der Waals surface area contributed by atoms with Crippen LogP contribution in [0, 0.1) is 34.5 Å². The smallest absolute Gasteiger partial charge is 0.0865 e. The van der Waals surface area contributed by atoms with Gasteiger partial charge in [-0.05, 0) is 49.9 Å². The maximum Gasteiger partial charge on any atom is 0.0865 e. The van der Waals surface area contributed by atoms with Crippen LogP contribution in [-0.2, 0) is 0 Å². The van der Waals surface area contributed by atoms with Gasteiger partial charge in [-0.2, -0.15) is 5.26 Å². The summed E-state index contributed by atoms with van der Waals surface area (Å²) in [4.78, 5) is 0. The van der Waals surface area contributed by atoms with Crippen LogP contribution < -0.4 is 0 Å². The first-order valence-corrected chi connectivity index (χ1v) is 7.35. The molecule has 0 heterocycles. The van der Waals surface area contributed by atoms with Gasteiger partial charge < -0.3 is 5.11 Å². The van der Waals surface area contributed by atoms with Crippen LogP contribution in [0.4, 0.5) is 0 Å². The lowest BCUT2D eigenvalue weighted by molar-refractivity contribution is -0.0287. The Morgan fingerprint density at radius 3 is 2.41 bits per heavy atom. The highest BCUT2D eigenvalue weighted by Gasteiger charge is 2.56. The Bertz CT molecular complexity index is 328. The van der Waals surface area contributed by atoms with E-state index in [1.165, 1.54) is 38.5 Å². The van der Waals surface area contributed by atoms with Crippen molar-refractivity contribution in [2.75, 3.05) is 0 Å². The van der Waals surface area contributed by atoms with E-state index >= 15 is 0 Å². The summed E-state index contributed by atoms with van der Waals surface area (Å²) >= 11 is 0. The molecule has 0 aromatic heterocycles. The lowest BCUT2D eigenvalue weighted by atomic mass is 9.65. The maximum absolute atomic E-state index is 10.7. The average Bonchev–Trinajstić information content (AvgIpc) is 2.99. The molecule has 0 saturated heterocycles. The van der Waals surface area contributed by atoms with Gasteiger partial charge in [0.15, 0.2) is 0 Å². The molecule has 3 aliphatic carbocycles. The molecule has 0 aromatic rings. The van der Waals surface area contributed by atoms with E-state index < -0.39 is 0 Å². The molecule has 0 spiro atoms. The summed E-state index contributed by atoms with van der Waals surface area (Å²) in [6.45, 7) is 0. The summed E-state index contributed by atoms with van der Waals surface area (Å²) in [5, 5.41) is 20.4. The highest BCUT2D eigenvalue weighted by molar-refractivity contribution is 5.15. The van der Waals surface area contributed by atoms with Crippen LogP contribution in [0.3, 0.4) is 0 Å². The molecule has 94 valence electrons. The van der Waals surface area contributed by atoms with Crippen LogP contribution in [0.1, 0.15) is 57.8 Å². The van der Waals surface area contributed by atoms with E-state index in [-0.39, 0.29) is 11.5 Å². The molecule has 3 rings (SSSR count). The van der Waals surface area contributed by atoms with Crippen molar-refractivity contribution in [1.29, 1.82) is 5.26 Å². The standard InChI is InChI=1S/C15H23NO/c16-10-15(9-11-6-7-13(15)8-11)14(17)12-4-2-1-3-5-12/h11-14,17H,1-9H2. The zero-order valence-corrected chi connectivity index (χ0v) is 10.6. The number of hydrogen-bond donors (Lipinski definition) is 1. The fourth-order valence-corrected chi connectivity index (χ4v) is 4.81. The SMILES string of the molecule is N#CC1(C(O)C2CCCCC2)CC2CCC1C2. The largest absolute Gasteiger partial charge is 0.391 e. The number of hydrogen-bond acceptors (Lipinski definition) is 2. The zero-order chi connectivity index (χ0) is 11.9. The van der Waals surface area contributed by atoms with Gasteiger partial charge in [0.1, 0.15) is 0 Å². The number of nitriles is 1. The van der Waals surface area contributed by atoms with Crippen molar-refractivity contribution in [3.05, 3.63) is 0 Å². The maximum atomic E-state index is 10.7. The Hall–Kier alpha value is -0.550. The number of aliphatic hydroxyl groups is 1. The average molecular weight is 233 g/mol. The van der Waals surface area contributed by atoms with Gasteiger partial charge in [0.25, 0.3) is 0 Å². The Balaban J connectivity index is 1.78. The molecule has 0 aliphatic heterocycles. The Morgan fingerprint density at radius 1 is 1.12 bits per heavy atom. The van der Waals surface area contributed by atoms with E-state index in [1.54, 1.807) is 0 Å². The molecule has 4 atom stereocenters. The zero-order valence-electron chi connectivity index (χ0n) is 10.6. The second-order valence-corrected chi connectivity index (χ2v) is 6.58. The first kappa shape index (κ1) is 11.5.